The summed E-state index contributed by atoms with van der Waals surface area (Å²) >= 11 is 0. The average Bonchev–Trinajstić information content (AvgIpc) is 2.30. The van der Waals surface area contributed by atoms with Gasteiger partial charge in [0.05, 0.1) is 5.92 Å². The molecule has 2 heteroatoms. The van der Waals surface area contributed by atoms with Crippen LogP contribution >= 0.6 is 0 Å². The lowest BCUT2D eigenvalue weighted by molar-refractivity contribution is -0.138. The first-order valence-electron chi connectivity index (χ1n) is 5.92. The number of carboxylic acid groups (broad SMARTS) is 1. The first-order chi connectivity index (χ1) is 7.60. The Morgan fingerprint density at radius 2 is 1.81 bits per heavy atom. The van der Waals surface area contributed by atoms with Crippen LogP contribution in [0.4, 0.5) is 0 Å². The molecule has 88 valence electrons. The molecule has 0 aromatic heterocycles. The first-order valence-corrected chi connectivity index (χ1v) is 5.92. The fraction of sp³-hybridized carbons (Fsp3) is 0.500. The van der Waals surface area contributed by atoms with Gasteiger partial charge in [-0.1, -0.05) is 38.1 Å². The second-order valence-corrected chi connectivity index (χ2v) is 4.24. The Hall–Kier alpha value is -1.31. The molecule has 0 amide bonds. The lowest BCUT2D eigenvalue weighted by atomic mass is 9.90. The predicted molar refractivity (Wildman–Crippen MR) is 65.8 cm³/mol. The highest BCUT2D eigenvalue weighted by Crippen LogP contribution is 2.26. The van der Waals surface area contributed by atoms with Crippen molar-refractivity contribution in [1.82, 2.24) is 0 Å². The maximum absolute atomic E-state index is 10.9. The van der Waals surface area contributed by atoms with E-state index in [2.05, 4.69) is 19.9 Å². The highest BCUT2D eigenvalue weighted by atomic mass is 16.4. The maximum Gasteiger partial charge on any atom is 0.310 e. The van der Waals surface area contributed by atoms with E-state index < -0.39 is 11.9 Å². The largest absolute Gasteiger partial charge is 0.481 e. The lowest BCUT2D eigenvalue weighted by Gasteiger charge is -2.15. The van der Waals surface area contributed by atoms with E-state index >= 15 is 0 Å². The molecule has 0 unspecified atom stereocenters. The molecule has 0 aliphatic heterocycles. The van der Waals surface area contributed by atoms with Crippen molar-refractivity contribution in [3.8, 4) is 0 Å². The third-order valence-electron chi connectivity index (χ3n) is 3.24. The Morgan fingerprint density at radius 1 is 1.25 bits per heavy atom. The van der Waals surface area contributed by atoms with Crippen LogP contribution in [0.3, 0.4) is 0 Å². The van der Waals surface area contributed by atoms with Crippen molar-refractivity contribution in [2.75, 3.05) is 0 Å². The number of hydrogen-bond donors (Lipinski definition) is 1. The Kier molecular flexibility index (Phi) is 4.53. The quantitative estimate of drug-likeness (QED) is 0.820. The number of hydrogen-bond acceptors (Lipinski definition) is 1. The van der Waals surface area contributed by atoms with Gasteiger partial charge in [0, 0.05) is 0 Å². The minimum Gasteiger partial charge on any atom is -0.481 e. The second-order valence-electron chi connectivity index (χ2n) is 4.24. The van der Waals surface area contributed by atoms with E-state index in [1.807, 2.05) is 18.2 Å². The zero-order chi connectivity index (χ0) is 12.1. The molecule has 0 spiro atoms. The summed E-state index contributed by atoms with van der Waals surface area (Å²) in [7, 11) is 0. The summed E-state index contributed by atoms with van der Waals surface area (Å²) < 4.78 is 0. The van der Waals surface area contributed by atoms with Gasteiger partial charge in [-0.2, -0.15) is 0 Å². The highest BCUT2D eigenvalue weighted by Gasteiger charge is 2.15. The van der Waals surface area contributed by atoms with Gasteiger partial charge in [-0.05, 0) is 36.8 Å². The van der Waals surface area contributed by atoms with E-state index in [0.29, 0.717) is 5.92 Å². The summed E-state index contributed by atoms with van der Waals surface area (Å²) in [5.41, 5.74) is 2.16. The fourth-order valence-corrected chi connectivity index (χ4v) is 1.98. The molecule has 0 radical (unpaired) electrons. The number of carbonyl (C=O) groups is 1. The molecular formula is C14H20O2. The maximum atomic E-state index is 10.9. The van der Waals surface area contributed by atoms with E-state index in [1.54, 1.807) is 6.92 Å². The summed E-state index contributed by atoms with van der Waals surface area (Å²) in [5, 5.41) is 8.98. The molecule has 1 rings (SSSR count). The van der Waals surface area contributed by atoms with Crippen LogP contribution in [0.15, 0.2) is 24.3 Å². The number of carboxylic acids is 1. The fourth-order valence-electron chi connectivity index (χ4n) is 1.98. The molecule has 1 N–H and O–H groups in total. The van der Waals surface area contributed by atoms with Gasteiger partial charge < -0.3 is 5.11 Å². The van der Waals surface area contributed by atoms with Crippen LogP contribution in [0.1, 0.15) is 56.6 Å². The topological polar surface area (TPSA) is 37.3 Å². The third-order valence-corrected chi connectivity index (χ3v) is 3.24. The number of rotatable bonds is 5. The minimum atomic E-state index is -0.762. The molecule has 0 bridgehead atoms. The first kappa shape index (κ1) is 12.8. The Balaban J connectivity index is 2.98. The van der Waals surface area contributed by atoms with Crippen LogP contribution in [0, 0.1) is 0 Å². The van der Waals surface area contributed by atoms with Crippen molar-refractivity contribution in [3.63, 3.8) is 0 Å². The highest BCUT2D eigenvalue weighted by molar-refractivity contribution is 5.75. The summed E-state index contributed by atoms with van der Waals surface area (Å²) in [4.78, 5) is 10.9. The van der Waals surface area contributed by atoms with Gasteiger partial charge in [-0.15, -0.1) is 0 Å². The lowest BCUT2D eigenvalue weighted by Crippen LogP contribution is -2.08. The summed E-state index contributed by atoms with van der Waals surface area (Å²) in [5.74, 6) is -0.642. The van der Waals surface area contributed by atoms with Gasteiger partial charge >= 0.3 is 5.97 Å². The van der Waals surface area contributed by atoms with E-state index in [9.17, 15) is 4.79 Å². The second kappa shape index (κ2) is 5.69. The van der Waals surface area contributed by atoms with Crippen molar-refractivity contribution in [1.29, 1.82) is 0 Å². The molecule has 0 saturated heterocycles. The predicted octanol–water partition coefficient (Wildman–Crippen LogP) is 3.78. The van der Waals surface area contributed by atoms with Crippen LogP contribution < -0.4 is 0 Å². The smallest absolute Gasteiger partial charge is 0.310 e. The molecule has 0 aliphatic carbocycles. The molecule has 2 nitrogen and oxygen atoms in total. The van der Waals surface area contributed by atoms with Gasteiger partial charge in [0.15, 0.2) is 0 Å². The van der Waals surface area contributed by atoms with E-state index in [0.717, 1.165) is 18.4 Å². The minimum absolute atomic E-state index is 0.422. The molecule has 16 heavy (non-hydrogen) atoms. The molecular weight excluding hydrogens is 200 g/mol. The van der Waals surface area contributed by atoms with Crippen LogP contribution in [-0.4, -0.2) is 11.1 Å². The molecule has 0 fully saturated rings. The van der Waals surface area contributed by atoms with Crippen molar-refractivity contribution >= 4 is 5.97 Å². The normalized spacial score (nSPS) is 12.8. The molecule has 1 aromatic carbocycles. The summed E-state index contributed by atoms with van der Waals surface area (Å²) in [6, 6.07) is 7.99. The van der Waals surface area contributed by atoms with E-state index in [-0.39, 0.29) is 0 Å². The van der Waals surface area contributed by atoms with Gasteiger partial charge in [-0.3, -0.25) is 4.79 Å². The van der Waals surface area contributed by atoms with Crippen LogP contribution in [0.25, 0.3) is 0 Å². The average molecular weight is 220 g/mol. The Bertz CT molecular complexity index is 354. The van der Waals surface area contributed by atoms with Gasteiger partial charge in [0.25, 0.3) is 0 Å². The Morgan fingerprint density at radius 3 is 2.31 bits per heavy atom. The van der Waals surface area contributed by atoms with E-state index in [4.69, 9.17) is 5.11 Å². The molecule has 1 atom stereocenters. The third kappa shape index (κ3) is 2.84. The van der Waals surface area contributed by atoms with Gasteiger partial charge in [0.2, 0.25) is 0 Å². The molecule has 0 heterocycles. The standard InChI is InChI=1S/C14H20O2/c1-4-11(5-2)13-8-6-7-12(9-13)10(3)14(15)16/h6-11H,4-5H2,1-3H3,(H,15,16)/t10-/m0/s1. The van der Waals surface area contributed by atoms with Gasteiger partial charge in [-0.25, -0.2) is 0 Å². The van der Waals surface area contributed by atoms with Crippen molar-refractivity contribution in [3.05, 3.63) is 35.4 Å². The monoisotopic (exact) mass is 220 g/mol. The summed E-state index contributed by atoms with van der Waals surface area (Å²) in [6.07, 6.45) is 2.20. The van der Waals surface area contributed by atoms with Crippen molar-refractivity contribution < 1.29 is 9.90 Å². The zero-order valence-electron chi connectivity index (χ0n) is 10.2. The number of aliphatic carboxylic acids is 1. The zero-order valence-corrected chi connectivity index (χ0v) is 10.2. The summed E-state index contributed by atoms with van der Waals surface area (Å²) in [6.45, 7) is 6.07. The molecule has 0 saturated carbocycles. The SMILES string of the molecule is CCC(CC)c1cccc([C@H](C)C(=O)O)c1. The van der Waals surface area contributed by atoms with Crippen LogP contribution in [0.2, 0.25) is 0 Å². The van der Waals surface area contributed by atoms with Crippen molar-refractivity contribution in [2.24, 2.45) is 0 Å². The van der Waals surface area contributed by atoms with Crippen LogP contribution in [-0.2, 0) is 4.79 Å². The van der Waals surface area contributed by atoms with Crippen molar-refractivity contribution in [2.45, 2.75) is 45.4 Å². The molecule has 0 aliphatic rings. The Labute approximate surface area is 97.3 Å². The van der Waals surface area contributed by atoms with Crippen LogP contribution in [0.5, 0.6) is 0 Å². The molecule has 1 aromatic rings. The van der Waals surface area contributed by atoms with E-state index in [1.165, 1.54) is 5.56 Å². The number of benzene rings is 1. The van der Waals surface area contributed by atoms with Gasteiger partial charge in [0.1, 0.15) is 0 Å².